The van der Waals surface area contributed by atoms with Crippen LogP contribution in [0, 0.1) is 0 Å². The molecule has 1 aromatic rings. The van der Waals surface area contributed by atoms with E-state index in [9.17, 15) is 4.79 Å². The molecular formula is C15H21BrN2O2. The molecule has 1 saturated carbocycles. The molecule has 1 aromatic carbocycles. The second-order valence-corrected chi connectivity index (χ2v) is 6.00. The summed E-state index contributed by atoms with van der Waals surface area (Å²) in [6.45, 7) is 1.08. The molecule has 5 heteroatoms. The Kier molecular flexibility index (Phi) is 6.01. The molecule has 0 spiro atoms. The zero-order valence-electron chi connectivity index (χ0n) is 11.5. The minimum absolute atomic E-state index is 0.0771. The fraction of sp³-hybridized carbons (Fsp3) is 0.533. The molecule has 0 atom stereocenters. The molecule has 0 aromatic heterocycles. The van der Waals surface area contributed by atoms with Crippen LogP contribution in [-0.4, -0.2) is 31.2 Å². The van der Waals surface area contributed by atoms with E-state index < -0.39 is 0 Å². The van der Waals surface area contributed by atoms with Crippen molar-refractivity contribution in [2.24, 2.45) is 5.73 Å². The third kappa shape index (κ3) is 4.58. The van der Waals surface area contributed by atoms with Crippen LogP contribution in [0.5, 0.6) is 0 Å². The van der Waals surface area contributed by atoms with Crippen molar-refractivity contribution in [2.75, 3.05) is 13.2 Å². The maximum Gasteiger partial charge on any atom is 0.252 e. The summed E-state index contributed by atoms with van der Waals surface area (Å²) in [4.78, 5) is 11.9. The maximum absolute atomic E-state index is 11.9. The molecule has 110 valence electrons. The Morgan fingerprint density at radius 1 is 1.30 bits per heavy atom. The lowest BCUT2D eigenvalue weighted by Gasteiger charge is -2.26. The van der Waals surface area contributed by atoms with E-state index in [1.165, 1.54) is 0 Å². The number of benzene rings is 1. The number of hydrogen-bond donors (Lipinski definition) is 2. The smallest absolute Gasteiger partial charge is 0.252 e. The van der Waals surface area contributed by atoms with E-state index in [2.05, 4.69) is 21.2 Å². The molecule has 0 radical (unpaired) electrons. The first kappa shape index (κ1) is 15.5. The second-order valence-electron chi connectivity index (χ2n) is 5.14. The van der Waals surface area contributed by atoms with Crippen LogP contribution in [0.25, 0.3) is 0 Å². The van der Waals surface area contributed by atoms with Crippen molar-refractivity contribution in [3.63, 3.8) is 0 Å². The maximum atomic E-state index is 11.9. The SMILES string of the molecule is NC1CCC(OCCNC(=O)c2ccccc2Br)CC1. The van der Waals surface area contributed by atoms with Crippen molar-refractivity contribution >= 4 is 21.8 Å². The van der Waals surface area contributed by atoms with Gasteiger partial charge in [0.1, 0.15) is 0 Å². The van der Waals surface area contributed by atoms with E-state index in [0.717, 1.165) is 30.2 Å². The average Bonchev–Trinajstić information content (AvgIpc) is 2.46. The standard InChI is InChI=1S/C15H21BrN2O2/c16-14-4-2-1-3-13(14)15(19)18-9-10-20-12-7-5-11(17)6-8-12/h1-4,11-12H,5-10,17H2,(H,18,19). The van der Waals surface area contributed by atoms with E-state index in [-0.39, 0.29) is 5.91 Å². The van der Waals surface area contributed by atoms with E-state index in [0.29, 0.717) is 30.9 Å². The second kappa shape index (κ2) is 7.76. The number of nitrogens with one attached hydrogen (secondary N) is 1. The summed E-state index contributed by atoms with van der Waals surface area (Å²) in [7, 11) is 0. The van der Waals surface area contributed by atoms with Gasteiger partial charge in [-0.05, 0) is 53.7 Å². The van der Waals surface area contributed by atoms with Crippen LogP contribution in [0.4, 0.5) is 0 Å². The molecule has 20 heavy (non-hydrogen) atoms. The molecule has 0 bridgehead atoms. The molecule has 0 saturated heterocycles. The number of carbonyl (C=O) groups excluding carboxylic acids is 1. The molecule has 0 heterocycles. The zero-order chi connectivity index (χ0) is 14.4. The summed E-state index contributed by atoms with van der Waals surface area (Å²) in [5, 5.41) is 2.87. The van der Waals surface area contributed by atoms with Crippen molar-refractivity contribution < 1.29 is 9.53 Å². The Labute approximate surface area is 128 Å². The highest BCUT2D eigenvalue weighted by molar-refractivity contribution is 9.10. The largest absolute Gasteiger partial charge is 0.376 e. The quantitative estimate of drug-likeness (QED) is 0.809. The predicted octanol–water partition coefficient (Wildman–Crippen LogP) is 2.47. The lowest BCUT2D eigenvalue weighted by Crippen LogP contribution is -2.33. The highest BCUT2D eigenvalue weighted by Gasteiger charge is 2.18. The first-order valence-electron chi connectivity index (χ1n) is 7.06. The van der Waals surface area contributed by atoms with Crippen LogP contribution in [0.3, 0.4) is 0 Å². The van der Waals surface area contributed by atoms with Gasteiger partial charge in [-0.2, -0.15) is 0 Å². The predicted molar refractivity (Wildman–Crippen MR) is 82.7 cm³/mol. The van der Waals surface area contributed by atoms with Gasteiger partial charge in [0.15, 0.2) is 0 Å². The van der Waals surface area contributed by atoms with Crippen LogP contribution in [0.2, 0.25) is 0 Å². The first-order chi connectivity index (χ1) is 9.66. The number of amides is 1. The zero-order valence-corrected chi connectivity index (χ0v) is 13.1. The number of ether oxygens (including phenoxy) is 1. The molecular weight excluding hydrogens is 320 g/mol. The van der Waals surface area contributed by atoms with Crippen LogP contribution in [-0.2, 0) is 4.74 Å². The third-order valence-corrected chi connectivity index (χ3v) is 4.27. The lowest BCUT2D eigenvalue weighted by molar-refractivity contribution is 0.0267. The van der Waals surface area contributed by atoms with Gasteiger partial charge in [-0.1, -0.05) is 12.1 Å². The van der Waals surface area contributed by atoms with Gasteiger partial charge in [0.2, 0.25) is 0 Å². The summed E-state index contributed by atoms with van der Waals surface area (Å²) in [5.74, 6) is -0.0771. The van der Waals surface area contributed by atoms with Gasteiger partial charge in [0.25, 0.3) is 5.91 Å². The minimum Gasteiger partial charge on any atom is -0.376 e. The highest BCUT2D eigenvalue weighted by atomic mass is 79.9. The Morgan fingerprint density at radius 2 is 2.00 bits per heavy atom. The van der Waals surface area contributed by atoms with E-state index in [4.69, 9.17) is 10.5 Å². The topological polar surface area (TPSA) is 64.3 Å². The summed E-state index contributed by atoms with van der Waals surface area (Å²) < 4.78 is 6.57. The van der Waals surface area contributed by atoms with E-state index in [1.54, 1.807) is 6.07 Å². The van der Waals surface area contributed by atoms with Gasteiger partial charge in [-0.15, -0.1) is 0 Å². The van der Waals surface area contributed by atoms with Crippen molar-refractivity contribution in [3.8, 4) is 0 Å². The van der Waals surface area contributed by atoms with Crippen LogP contribution < -0.4 is 11.1 Å². The average molecular weight is 341 g/mol. The number of rotatable bonds is 5. The molecule has 1 fully saturated rings. The Morgan fingerprint density at radius 3 is 2.70 bits per heavy atom. The van der Waals surface area contributed by atoms with Gasteiger partial charge in [0.05, 0.1) is 18.3 Å². The molecule has 1 aliphatic rings. The normalized spacial score (nSPS) is 22.5. The first-order valence-corrected chi connectivity index (χ1v) is 7.86. The Balaban J connectivity index is 1.66. The Bertz CT molecular complexity index is 445. The number of halogens is 1. The van der Waals surface area contributed by atoms with Crippen molar-refractivity contribution in [2.45, 2.75) is 37.8 Å². The monoisotopic (exact) mass is 340 g/mol. The van der Waals surface area contributed by atoms with Crippen LogP contribution in [0.15, 0.2) is 28.7 Å². The van der Waals surface area contributed by atoms with Gasteiger partial charge >= 0.3 is 0 Å². The third-order valence-electron chi connectivity index (χ3n) is 3.58. The van der Waals surface area contributed by atoms with Crippen molar-refractivity contribution in [1.82, 2.24) is 5.32 Å². The highest BCUT2D eigenvalue weighted by Crippen LogP contribution is 2.19. The van der Waals surface area contributed by atoms with Gasteiger partial charge < -0.3 is 15.8 Å². The number of nitrogens with two attached hydrogens (primary N) is 1. The summed E-state index contributed by atoms with van der Waals surface area (Å²) >= 11 is 3.37. The van der Waals surface area contributed by atoms with Crippen LogP contribution >= 0.6 is 15.9 Å². The fourth-order valence-electron chi connectivity index (χ4n) is 2.39. The molecule has 1 amide bonds. The van der Waals surface area contributed by atoms with Crippen molar-refractivity contribution in [3.05, 3.63) is 34.3 Å². The summed E-state index contributed by atoms with van der Waals surface area (Å²) in [5.41, 5.74) is 6.50. The van der Waals surface area contributed by atoms with E-state index in [1.807, 2.05) is 18.2 Å². The number of hydrogen-bond acceptors (Lipinski definition) is 3. The summed E-state index contributed by atoms with van der Waals surface area (Å²) in [6, 6.07) is 7.73. The minimum atomic E-state index is -0.0771. The van der Waals surface area contributed by atoms with Crippen molar-refractivity contribution in [1.29, 1.82) is 0 Å². The molecule has 0 unspecified atom stereocenters. The molecule has 0 aliphatic heterocycles. The molecule has 1 aliphatic carbocycles. The summed E-state index contributed by atoms with van der Waals surface area (Å²) in [6.07, 6.45) is 4.43. The lowest BCUT2D eigenvalue weighted by atomic mass is 9.94. The number of carbonyl (C=O) groups is 1. The van der Waals surface area contributed by atoms with E-state index >= 15 is 0 Å². The van der Waals surface area contributed by atoms with Gasteiger partial charge in [-0.3, -0.25) is 4.79 Å². The van der Waals surface area contributed by atoms with Gasteiger partial charge in [0, 0.05) is 17.1 Å². The molecule has 2 rings (SSSR count). The van der Waals surface area contributed by atoms with Gasteiger partial charge in [-0.25, -0.2) is 0 Å². The van der Waals surface area contributed by atoms with Crippen LogP contribution in [0.1, 0.15) is 36.0 Å². The molecule has 3 N–H and O–H groups in total. The Hall–Kier alpha value is -0.910. The fourth-order valence-corrected chi connectivity index (χ4v) is 2.85. The molecule has 4 nitrogen and oxygen atoms in total.